The first-order valence-corrected chi connectivity index (χ1v) is 5.69. The molecule has 0 bridgehead atoms. The predicted molar refractivity (Wildman–Crippen MR) is 71.2 cm³/mol. The minimum absolute atomic E-state index is 0. The normalized spacial score (nSPS) is 10.2. The van der Waals surface area contributed by atoms with Crippen LogP contribution in [-0.4, -0.2) is 12.2 Å². The van der Waals surface area contributed by atoms with Crippen LogP contribution in [0, 0.1) is 0 Å². The van der Waals surface area contributed by atoms with Crippen LogP contribution in [0.4, 0.5) is 0 Å². The van der Waals surface area contributed by atoms with Gasteiger partial charge in [-0.3, -0.25) is 0 Å². The minimum atomic E-state index is 0. The number of aromatic nitrogens is 1. The number of halogens is 1. The quantitative estimate of drug-likeness (QED) is 0.579. The van der Waals surface area contributed by atoms with Gasteiger partial charge in [-0.2, -0.15) is 0 Å². The molecule has 0 aliphatic heterocycles. The Balaban J connectivity index is 0.00000180. The molecule has 0 unspecified atom stereocenters. The van der Waals surface area contributed by atoms with Gasteiger partial charge in [0.1, 0.15) is 18.5 Å². The van der Waals surface area contributed by atoms with E-state index in [1.165, 1.54) is 0 Å². The first kappa shape index (κ1) is 15.5. The lowest BCUT2D eigenvalue weighted by atomic mass is 10.1. The largest absolute Gasteiger partial charge is 1.00 e. The fourth-order valence-electron chi connectivity index (χ4n) is 1.60. The van der Waals surface area contributed by atoms with Gasteiger partial charge >= 0.3 is 0 Å². The molecule has 1 aromatic heterocycles. The van der Waals surface area contributed by atoms with Crippen molar-refractivity contribution in [3.05, 3.63) is 53.9 Å². The smallest absolute Gasteiger partial charge is 0.169 e. The summed E-state index contributed by atoms with van der Waals surface area (Å²) in [5.74, 6) is 0.973. The molecule has 100 valence electrons. The number of aromatic hydroxyl groups is 1. The molecule has 1 N–H and O–H groups in total. The van der Waals surface area contributed by atoms with E-state index in [1.807, 2.05) is 48.3 Å². The van der Waals surface area contributed by atoms with Crippen molar-refractivity contribution in [2.45, 2.75) is 0 Å². The lowest BCUT2D eigenvalue weighted by molar-refractivity contribution is -0.671. The van der Waals surface area contributed by atoms with Gasteiger partial charge in [0.25, 0.3) is 0 Å². The van der Waals surface area contributed by atoms with Gasteiger partial charge in [-0.1, -0.05) is 12.2 Å². The van der Waals surface area contributed by atoms with Crippen molar-refractivity contribution >= 4 is 12.2 Å². The number of benzene rings is 1. The summed E-state index contributed by atoms with van der Waals surface area (Å²) in [6.07, 6.45) is 7.78. The molecule has 0 saturated heterocycles. The van der Waals surface area contributed by atoms with Crippen LogP contribution in [0.15, 0.2) is 42.7 Å². The van der Waals surface area contributed by atoms with Crippen molar-refractivity contribution in [3.8, 4) is 11.5 Å². The van der Waals surface area contributed by atoms with E-state index in [-0.39, 0.29) is 29.7 Å². The number of pyridine rings is 1. The van der Waals surface area contributed by atoms with E-state index < -0.39 is 0 Å². The van der Waals surface area contributed by atoms with E-state index in [2.05, 4.69) is 0 Å². The molecule has 0 spiro atoms. The summed E-state index contributed by atoms with van der Waals surface area (Å²) < 4.78 is 7.10. The summed E-state index contributed by atoms with van der Waals surface area (Å²) in [6, 6.07) is 9.18. The van der Waals surface area contributed by atoms with Gasteiger partial charge in [0.15, 0.2) is 12.4 Å². The predicted octanol–water partition coefficient (Wildman–Crippen LogP) is -0.600. The molecule has 1 aromatic carbocycles. The Morgan fingerprint density at radius 2 is 1.79 bits per heavy atom. The zero-order valence-electron chi connectivity index (χ0n) is 10.9. The van der Waals surface area contributed by atoms with E-state index in [9.17, 15) is 5.11 Å². The number of ether oxygens (including phenoxy) is 1. The van der Waals surface area contributed by atoms with Gasteiger partial charge in [-0.25, -0.2) is 4.57 Å². The Bertz CT molecular complexity index is 565. The highest BCUT2D eigenvalue weighted by molar-refractivity contribution is 5.72. The molecule has 0 aliphatic carbocycles. The standard InChI is InChI=1S/C15H15NO2.HI/c1-16-9-7-12(8-10-16)3-4-13-11-14(18-2)5-6-15(13)17;/h3-11H,1-2H3;1H. The average Bonchev–Trinajstić information content (AvgIpc) is 2.40. The van der Waals surface area contributed by atoms with Crippen molar-refractivity contribution in [2.24, 2.45) is 7.05 Å². The van der Waals surface area contributed by atoms with Crippen molar-refractivity contribution in [3.63, 3.8) is 0 Å². The molecule has 1 heterocycles. The average molecular weight is 369 g/mol. The maximum Gasteiger partial charge on any atom is 0.169 e. The Morgan fingerprint density at radius 3 is 2.42 bits per heavy atom. The maximum absolute atomic E-state index is 9.74. The molecule has 0 amide bonds. The van der Waals surface area contributed by atoms with Crippen LogP contribution in [-0.2, 0) is 7.05 Å². The topological polar surface area (TPSA) is 33.3 Å². The Hall–Kier alpha value is -1.56. The molecule has 0 saturated carbocycles. The zero-order valence-corrected chi connectivity index (χ0v) is 13.0. The highest BCUT2D eigenvalue weighted by atomic mass is 127. The molecule has 4 heteroatoms. The number of phenolic OH excluding ortho intramolecular Hbond substituents is 1. The van der Waals surface area contributed by atoms with Crippen molar-refractivity contribution in [1.29, 1.82) is 0 Å². The number of rotatable bonds is 3. The molecular weight excluding hydrogens is 353 g/mol. The fraction of sp³-hybridized carbons (Fsp3) is 0.133. The molecule has 2 rings (SSSR count). The number of aryl methyl sites for hydroxylation is 1. The van der Waals surface area contributed by atoms with Crippen molar-refractivity contribution in [1.82, 2.24) is 0 Å². The lowest BCUT2D eigenvalue weighted by Crippen LogP contribution is -3.00. The van der Waals surface area contributed by atoms with Crippen LogP contribution in [0.5, 0.6) is 11.5 Å². The first-order valence-electron chi connectivity index (χ1n) is 5.69. The van der Waals surface area contributed by atoms with Gasteiger partial charge in [0.2, 0.25) is 0 Å². The molecular formula is C15H16INO2. The molecule has 3 nitrogen and oxygen atoms in total. The number of hydrogen-bond donors (Lipinski definition) is 1. The van der Waals surface area contributed by atoms with Gasteiger partial charge in [0, 0.05) is 17.7 Å². The second kappa shape index (κ2) is 7.13. The Morgan fingerprint density at radius 1 is 1.11 bits per heavy atom. The van der Waals surface area contributed by atoms with Crippen molar-refractivity contribution < 1.29 is 38.4 Å². The summed E-state index contributed by atoms with van der Waals surface area (Å²) in [4.78, 5) is 0. The summed E-state index contributed by atoms with van der Waals surface area (Å²) in [7, 11) is 3.58. The highest BCUT2D eigenvalue weighted by Gasteiger charge is 2.00. The molecule has 0 atom stereocenters. The zero-order chi connectivity index (χ0) is 13.0. The Kier molecular flexibility index (Phi) is 5.82. The third-order valence-electron chi connectivity index (χ3n) is 2.69. The number of methoxy groups -OCH3 is 1. The maximum atomic E-state index is 9.74. The van der Waals surface area contributed by atoms with Crippen LogP contribution < -0.4 is 33.3 Å². The third-order valence-corrected chi connectivity index (χ3v) is 2.69. The van der Waals surface area contributed by atoms with Gasteiger partial charge in [-0.05, 0) is 23.8 Å². The molecule has 0 fully saturated rings. The van der Waals surface area contributed by atoms with E-state index in [0.29, 0.717) is 0 Å². The van der Waals surface area contributed by atoms with E-state index in [0.717, 1.165) is 16.9 Å². The Labute approximate surface area is 130 Å². The van der Waals surface area contributed by atoms with Crippen LogP contribution in [0.25, 0.3) is 12.2 Å². The highest BCUT2D eigenvalue weighted by Crippen LogP contribution is 2.24. The lowest BCUT2D eigenvalue weighted by Gasteiger charge is -2.03. The van der Waals surface area contributed by atoms with E-state index in [1.54, 1.807) is 25.3 Å². The number of nitrogens with zero attached hydrogens (tertiary/aromatic N) is 1. The number of hydrogen-bond acceptors (Lipinski definition) is 2. The monoisotopic (exact) mass is 369 g/mol. The summed E-state index contributed by atoms with van der Waals surface area (Å²) in [5, 5.41) is 9.74. The third kappa shape index (κ3) is 4.24. The van der Waals surface area contributed by atoms with Crippen molar-refractivity contribution in [2.75, 3.05) is 7.11 Å². The molecule has 0 radical (unpaired) electrons. The number of phenols is 1. The SMILES string of the molecule is COc1ccc(O)c(/C=C/c2cc[n+](C)cc2)c1.[I-]. The summed E-state index contributed by atoms with van der Waals surface area (Å²) in [6.45, 7) is 0. The molecule has 0 aliphatic rings. The van der Waals surface area contributed by atoms with Gasteiger partial charge in [0.05, 0.1) is 7.11 Å². The van der Waals surface area contributed by atoms with Crippen LogP contribution in [0.1, 0.15) is 11.1 Å². The van der Waals surface area contributed by atoms with Crippen LogP contribution >= 0.6 is 0 Å². The van der Waals surface area contributed by atoms with E-state index >= 15 is 0 Å². The van der Waals surface area contributed by atoms with Gasteiger partial charge < -0.3 is 33.8 Å². The fourth-order valence-corrected chi connectivity index (χ4v) is 1.60. The van der Waals surface area contributed by atoms with Gasteiger partial charge in [-0.15, -0.1) is 0 Å². The molecule has 19 heavy (non-hydrogen) atoms. The first-order chi connectivity index (χ1) is 8.69. The molecule has 2 aromatic rings. The minimum Gasteiger partial charge on any atom is -1.00 e. The van der Waals surface area contributed by atoms with E-state index in [4.69, 9.17) is 4.74 Å². The van der Waals surface area contributed by atoms with Crippen LogP contribution in [0.3, 0.4) is 0 Å². The second-order valence-electron chi connectivity index (χ2n) is 4.06. The van der Waals surface area contributed by atoms with Crippen LogP contribution in [0.2, 0.25) is 0 Å². The second-order valence-corrected chi connectivity index (χ2v) is 4.06. The summed E-state index contributed by atoms with van der Waals surface area (Å²) >= 11 is 0. The summed E-state index contributed by atoms with van der Waals surface area (Å²) in [5.41, 5.74) is 1.82.